The third kappa shape index (κ3) is 3.78. The van der Waals surface area contributed by atoms with Crippen molar-refractivity contribution in [1.82, 2.24) is 4.90 Å². The van der Waals surface area contributed by atoms with Gasteiger partial charge < -0.3 is 14.8 Å². The Bertz CT molecular complexity index is 941. The molecule has 0 aromatic heterocycles. The van der Waals surface area contributed by atoms with Crippen LogP contribution in [0, 0.1) is 29.6 Å². The van der Waals surface area contributed by atoms with Crippen LogP contribution in [0.5, 0.6) is 5.75 Å². The SMILES string of the molecule is CCOc1ccccc1NC(=O)COC(=O)[C@H](C(C)C)N1C(=O)[C@@H]2[C@H](C1=O)[C@H]1C=C[C@H]2C1. The lowest BCUT2D eigenvalue weighted by molar-refractivity contribution is -0.162. The number of allylic oxidation sites excluding steroid dienone is 2. The van der Waals surface area contributed by atoms with Crippen molar-refractivity contribution in [2.75, 3.05) is 18.5 Å². The van der Waals surface area contributed by atoms with Gasteiger partial charge in [-0.15, -0.1) is 0 Å². The zero-order valence-corrected chi connectivity index (χ0v) is 18.4. The van der Waals surface area contributed by atoms with E-state index >= 15 is 0 Å². The number of benzene rings is 1. The second kappa shape index (κ2) is 8.76. The molecule has 3 aliphatic rings. The van der Waals surface area contributed by atoms with Crippen molar-refractivity contribution < 1.29 is 28.7 Å². The van der Waals surface area contributed by atoms with E-state index in [9.17, 15) is 19.2 Å². The van der Waals surface area contributed by atoms with Crippen molar-refractivity contribution in [2.24, 2.45) is 29.6 Å². The Morgan fingerprint density at radius 2 is 1.72 bits per heavy atom. The summed E-state index contributed by atoms with van der Waals surface area (Å²) < 4.78 is 10.7. The summed E-state index contributed by atoms with van der Waals surface area (Å²) in [5.41, 5.74) is 0.469. The highest BCUT2D eigenvalue weighted by molar-refractivity contribution is 6.09. The van der Waals surface area contributed by atoms with E-state index in [2.05, 4.69) is 5.32 Å². The first-order chi connectivity index (χ1) is 15.3. The number of nitrogens with zero attached hydrogens (tertiary/aromatic N) is 1. The van der Waals surface area contributed by atoms with Gasteiger partial charge in [-0.25, -0.2) is 4.79 Å². The number of nitrogens with one attached hydrogen (secondary N) is 1. The molecule has 2 bridgehead atoms. The van der Waals surface area contributed by atoms with Crippen LogP contribution in [-0.4, -0.2) is 47.8 Å². The molecule has 2 aliphatic carbocycles. The van der Waals surface area contributed by atoms with E-state index in [1.165, 1.54) is 0 Å². The molecule has 2 fully saturated rings. The first-order valence-corrected chi connectivity index (χ1v) is 11.1. The van der Waals surface area contributed by atoms with Crippen LogP contribution in [-0.2, 0) is 23.9 Å². The fourth-order valence-electron chi connectivity index (χ4n) is 5.13. The maximum Gasteiger partial charge on any atom is 0.330 e. The van der Waals surface area contributed by atoms with Gasteiger partial charge in [-0.3, -0.25) is 19.3 Å². The first-order valence-electron chi connectivity index (χ1n) is 11.1. The molecule has 170 valence electrons. The van der Waals surface area contributed by atoms with E-state index in [0.717, 1.165) is 11.3 Å². The summed E-state index contributed by atoms with van der Waals surface area (Å²) in [5, 5.41) is 2.66. The summed E-state index contributed by atoms with van der Waals surface area (Å²) in [6.45, 7) is 5.26. The molecule has 5 atom stereocenters. The maximum atomic E-state index is 13.1. The Morgan fingerprint density at radius 1 is 1.09 bits per heavy atom. The number of para-hydroxylation sites is 2. The molecular weight excluding hydrogens is 412 g/mol. The summed E-state index contributed by atoms with van der Waals surface area (Å²) in [6.07, 6.45) is 4.84. The number of hydrogen-bond acceptors (Lipinski definition) is 6. The number of carbonyl (C=O) groups excluding carboxylic acids is 4. The van der Waals surface area contributed by atoms with Gasteiger partial charge in [-0.05, 0) is 43.2 Å². The number of amides is 3. The molecule has 1 N–H and O–H groups in total. The smallest absolute Gasteiger partial charge is 0.330 e. The third-order valence-corrected chi connectivity index (χ3v) is 6.46. The number of ether oxygens (including phenoxy) is 2. The molecule has 1 saturated carbocycles. The van der Waals surface area contributed by atoms with Gasteiger partial charge in [-0.1, -0.05) is 38.1 Å². The van der Waals surface area contributed by atoms with Crippen molar-refractivity contribution in [2.45, 2.75) is 33.2 Å². The molecule has 8 nitrogen and oxygen atoms in total. The number of fused-ring (bicyclic) bond motifs is 5. The van der Waals surface area contributed by atoms with Crippen LogP contribution >= 0.6 is 0 Å². The van der Waals surface area contributed by atoms with Gasteiger partial charge in [0.15, 0.2) is 6.61 Å². The third-order valence-electron chi connectivity index (χ3n) is 6.46. The Morgan fingerprint density at radius 3 is 2.31 bits per heavy atom. The molecule has 4 rings (SSSR count). The second-order valence-electron chi connectivity index (χ2n) is 8.82. The fourth-order valence-corrected chi connectivity index (χ4v) is 5.13. The number of imide groups is 1. The highest BCUT2D eigenvalue weighted by atomic mass is 16.5. The van der Waals surface area contributed by atoms with Crippen LogP contribution in [0.25, 0.3) is 0 Å². The van der Waals surface area contributed by atoms with Crippen LogP contribution in [0.4, 0.5) is 5.69 Å². The Labute approximate surface area is 186 Å². The minimum atomic E-state index is -1.05. The fraction of sp³-hybridized carbons (Fsp3) is 0.500. The number of likely N-dealkylation sites (tertiary alicyclic amines) is 1. The molecule has 1 aromatic carbocycles. The average molecular weight is 440 g/mol. The standard InChI is InChI=1S/C24H28N2O6/c1-4-31-17-8-6-5-7-16(17)25-18(27)12-32-24(30)21(13(2)3)26-22(28)19-14-9-10-15(11-14)20(19)23(26)29/h5-10,13-15,19-21H,4,11-12H2,1-3H3,(H,25,27)/t14-,15-,19-,20+,21-/m0/s1. The highest BCUT2D eigenvalue weighted by Gasteiger charge is 2.61. The molecule has 1 heterocycles. The minimum absolute atomic E-state index is 0.0615. The highest BCUT2D eigenvalue weighted by Crippen LogP contribution is 2.53. The van der Waals surface area contributed by atoms with E-state index in [-0.39, 0.29) is 41.4 Å². The normalized spacial score (nSPS) is 26.4. The molecule has 1 saturated heterocycles. The molecule has 3 amide bonds. The van der Waals surface area contributed by atoms with Gasteiger partial charge in [0.05, 0.1) is 24.1 Å². The van der Waals surface area contributed by atoms with Gasteiger partial charge in [0.2, 0.25) is 11.8 Å². The summed E-state index contributed by atoms with van der Waals surface area (Å²) in [6, 6.07) is 5.90. The largest absolute Gasteiger partial charge is 0.492 e. The first kappa shape index (κ1) is 22.0. The lowest BCUT2D eigenvalue weighted by Gasteiger charge is -2.28. The van der Waals surface area contributed by atoms with Crippen LogP contribution in [0.1, 0.15) is 27.2 Å². The predicted octanol–water partition coefficient (Wildman–Crippen LogP) is 2.40. The monoisotopic (exact) mass is 440 g/mol. The molecule has 1 aliphatic heterocycles. The van der Waals surface area contributed by atoms with E-state index in [4.69, 9.17) is 9.47 Å². The zero-order valence-electron chi connectivity index (χ0n) is 18.4. The molecule has 0 radical (unpaired) electrons. The average Bonchev–Trinajstić information content (AvgIpc) is 3.44. The summed E-state index contributed by atoms with van der Waals surface area (Å²) in [4.78, 5) is 52.5. The van der Waals surface area contributed by atoms with E-state index in [1.807, 2.05) is 19.1 Å². The van der Waals surface area contributed by atoms with Crippen molar-refractivity contribution in [1.29, 1.82) is 0 Å². The number of rotatable bonds is 8. The molecule has 8 heteroatoms. The Hall–Kier alpha value is -3.16. The summed E-state index contributed by atoms with van der Waals surface area (Å²) >= 11 is 0. The predicted molar refractivity (Wildman–Crippen MR) is 115 cm³/mol. The molecule has 1 aromatic rings. The summed E-state index contributed by atoms with van der Waals surface area (Å²) in [5.74, 6) is -2.38. The molecule has 32 heavy (non-hydrogen) atoms. The number of anilines is 1. The quantitative estimate of drug-likeness (QED) is 0.378. The van der Waals surface area contributed by atoms with Crippen molar-refractivity contribution in [3.8, 4) is 5.75 Å². The van der Waals surface area contributed by atoms with Crippen LogP contribution in [0.15, 0.2) is 36.4 Å². The molecule has 0 unspecified atom stereocenters. The molecule has 0 spiro atoms. The number of hydrogen-bond donors (Lipinski definition) is 1. The van der Waals surface area contributed by atoms with E-state index in [1.54, 1.807) is 38.1 Å². The lowest BCUT2D eigenvalue weighted by Crippen LogP contribution is -2.50. The maximum absolute atomic E-state index is 13.1. The second-order valence-corrected chi connectivity index (χ2v) is 8.82. The van der Waals surface area contributed by atoms with Crippen LogP contribution < -0.4 is 10.1 Å². The van der Waals surface area contributed by atoms with Gasteiger partial charge in [-0.2, -0.15) is 0 Å². The number of carbonyl (C=O) groups is 4. The Balaban J connectivity index is 1.41. The van der Waals surface area contributed by atoms with Gasteiger partial charge >= 0.3 is 5.97 Å². The lowest BCUT2D eigenvalue weighted by atomic mass is 9.85. The number of esters is 1. The van der Waals surface area contributed by atoms with E-state index in [0.29, 0.717) is 18.0 Å². The van der Waals surface area contributed by atoms with Crippen molar-refractivity contribution >= 4 is 29.4 Å². The van der Waals surface area contributed by atoms with Crippen molar-refractivity contribution in [3.63, 3.8) is 0 Å². The van der Waals surface area contributed by atoms with Crippen LogP contribution in [0.3, 0.4) is 0 Å². The van der Waals surface area contributed by atoms with Gasteiger partial charge in [0.1, 0.15) is 11.8 Å². The zero-order chi connectivity index (χ0) is 23.0. The van der Waals surface area contributed by atoms with Crippen molar-refractivity contribution in [3.05, 3.63) is 36.4 Å². The minimum Gasteiger partial charge on any atom is -0.492 e. The topological polar surface area (TPSA) is 102 Å². The summed E-state index contributed by atoms with van der Waals surface area (Å²) in [7, 11) is 0. The van der Waals surface area contributed by atoms with Gasteiger partial charge in [0, 0.05) is 0 Å². The van der Waals surface area contributed by atoms with E-state index < -0.39 is 24.5 Å². The van der Waals surface area contributed by atoms with Crippen LogP contribution in [0.2, 0.25) is 0 Å². The molecular formula is C24H28N2O6. The van der Waals surface area contributed by atoms with Gasteiger partial charge in [0.25, 0.3) is 5.91 Å². The Kier molecular flexibility index (Phi) is 6.04.